The minimum atomic E-state index is -0.185. The minimum Gasteiger partial charge on any atom is -0.497 e. The third-order valence-corrected chi connectivity index (χ3v) is 5.39. The topological polar surface area (TPSA) is 79.9 Å². The molecule has 7 heteroatoms. The molecule has 2 N–H and O–H groups in total. The van der Waals surface area contributed by atoms with Gasteiger partial charge >= 0.3 is 0 Å². The van der Waals surface area contributed by atoms with Gasteiger partial charge < -0.3 is 20.1 Å². The van der Waals surface area contributed by atoms with Gasteiger partial charge in [0.05, 0.1) is 32.0 Å². The Hall–Kier alpha value is -3.06. The number of ether oxygens (including phenoxy) is 2. The number of anilines is 1. The van der Waals surface area contributed by atoms with Crippen LogP contribution in [0.2, 0.25) is 0 Å². The maximum atomic E-state index is 12.9. The monoisotopic (exact) mass is 439 g/mol. The van der Waals surface area contributed by atoms with Crippen molar-refractivity contribution in [2.45, 2.75) is 39.3 Å². The van der Waals surface area contributed by atoms with Crippen LogP contribution in [0.5, 0.6) is 11.5 Å². The molecule has 0 radical (unpaired) electrons. The summed E-state index contributed by atoms with van der Waals surface area (Å²) in [6.07, 6.45) is 2.13. The van der Waals surface area contributed by atoms with Crippen LogP contribution < -0.4 is 20.1 Å². The van der Waals surface area contributed by atoms with Gasteiger partial charge in [0.25, 0.3) is 5.91 Å². The van der Waals surface area contributed by atoms with Gasteiger partial charge in [-0.2, -0.15) is 0 Å². The van der Waals surface area contributed by atoms with E-state index < -0.39 is 0 Å². The lowest BCUT2D eigenvalue weighted by Crippen LogP contribution is -2.35. The first-order chi connectivity index (χ1) is 15.4. The SMILES string of the molecule is COc1ccc(OC)c(CN(CC(=O)Nc2ccccc2C(=O)NCC(C)C)C2CC2)c1. The van der Waals surface area contributed by atoms with E-state index in [9.17, 15) is 9.59 Å². The van der Waals surface area contributed by atoms with Crippen molar-refractivity contribution >= 4 is 17.5 Å². The second-order valence-electron chi connectivity index (χ2n) is 8.51. The van der Waals surface area contributed by atoms with Crippen LogP contribution in [0.15, 0.2) is 42.5 Å². The highest BCUT2D eigenvalue weighted by molar-refractivity contribution is 6.04. The first-order valence-electron chi connectivity index (χ1n) is 11.0. The van der Waals surface area contributed by atoms with E-state index in [2.05, 4.69) is 15.5 Å². The maximum absolute atomic E-state index is 12.9. The van der Waals surface area contributed by atoms with E-state index in [-0.39, 0.29) is 18.4 Å². The molecule has 0 atom stereocenters. The number of nitrogens with one attached hydrogen (secondary N) is 2. The molecule has 32 heavy (non-hydrogen) atoms. The Bertz CT molecular complexity index is 941. The smallest absolute Gasteiger partial charge is 0.253 e. The van der Waals surface area contributed by atoms with Crippen LogP contribution in [-0.2, 0) is 11.3 Å². The second-order valence-corrected chi connectivity index (χ2v) is 8.51. The molecule has 3 rings (SSSR count). The van der Waals surface area contributed by atoms with Gasteiger partial charge in [0.1, 0.15) is 11.5 Å². The maximum Gasteiger partial charge on any atom is 0.253 e. The van der Waals surface area contributed by atoms with Crippen molar-refractivity contribution in [2.75, 3.05) is 32.6 Å². The first-order valence-corrected chi connectivity index (χ1v) is 11.0. The van der Waals surface area contributed by atoms with Crippen LogP contribution in [0.25, 0.3) is 0 Å². The molecule has 172 valence electrons. The van der Waals surface area contributed by atoms with E-state index >= 15 is 0 Å². The lowest BCUT2D eigenvalue weighted by Gasteiger charge is -2.23. The van der Waals surface area contributed by atoms with Crippen LogP contribution in [0.1, 0.15) is 42.6 Å². The molecule has 2 aromatic carbocycles. The molecule has 0 spiro atoms. The lowest BCUT2D eigenvalue weighted by atomic mass is 10.1. The molecule has 1 aliphatic carbocycles. The predicted molar refractivity (Wildman–Crippen MR) is 125 cm³/mol. The Labute approximate surface area is 190 Å². The van der Waals surface area contributed by atoms with Gasteiger partial charge in [-0.15, -0.1) is 0 Å². The molecule has 1 fully saturated rings. The standard InChI is InChI=1S/C25H33N3O4/c1-17(2)14-26-25(30)21-7-5-6-8-22(21)27-24(29)16-28(19-9-10-19)15-18-13-20(31-3)11-12-23(18)32-4/h5-8,11-13,17,19H,9-10,14-16H2,1-4H3,(H,26,30)(H,27,29). The van der Waals surface area contributed by atoms with E-state index in [1.165, 1.54) is 0 Å². The molecule has 0 aromatic heterocycles. The highest BCUT2D eigenvalue weighted by atomic mass is 16.5. The molecular formula is C25H33N3O4. The highest BCUT2D eigenvalue weighted by Gasteiger charge is 2.31. The second kappa shape index (κ2) is 11.0. The van der Waals surface area contributed by atoms with Crippen LogP contribution in [-0.4, -0.2) is 50.1 Å². The molecule has 0 bridgehead atoms. The van der Waals surface area contributed by atoms with E-state index in [0.717, 1.165) is 29.9 Å². The van der Waals surface area contributed by atoms with Gasteiger partial charge in [-0.3, -0.25) is 14.5 Å². The molecule has 2 amide bonds. The zero-order chi connectivity index (χ0) is 23.1. The number of amides is 2. The van der Waals surface area contributed by atoms with Crippen LogP contribution >= 0.6 is 0 Å². The molecule has 0 unspecified atom stereocenters. The van der Waals surface area contributed by atoms with E-state index in [4.69, 9.17) is 9.47 Å². The molecule has 1 saturated carbocycles. The first kappa shape index (κ1) is 23.6. The number of methoxy groups -OCH3 is 2. The Kier molecular flexibility index (Phi) is 8.11. The molecular weight excluding hydrogens is 406 g/mol. The zero-order valence-electron chi connectivity index (χ0n) is 19.3. The summed E-state index contributed by atoms with van der Waals surface area (Å²) in [6.45, 7) is 5.47. The average molecular weight is 440 g/mol. The number of carbonyl (C=O) groups is 2. The quantitative estimate of drug-likeness (QED) is 0.558. The van der Waals surface area contributed by atoms with E-state index in [1.807, 2.05) is 38.1 Å². The van der Waals surface area contributed by atoms with Gasteiger partial charge in [0.2, 0.25) is 5.91 Å². The molecule has 7 nitrogen and oxygen atoms in total. The lowest BCUT2D eigenvalue weighted by molar-refractivity contribution is -0.117. The summed E-state index contributed by atoms with van der Waals surface area (Å²) in [5, 5.41) is 5.84. The van der Waals surface area contributed by atoms with Crippen LogP contribution in [0.3, 0.4) is 0 Å². The Morgan fingerprint density at radius 1 is 1.09 bits per heavy atom. The fourth-order valence-corrected chi connectivity index (χ4v) is 3.53. The summed E-state index contributed by atoms with van der Waals surface area (Å²) < 4.78 is 10.9. The zero-order valence-corrected chi connectivity index (χ0v) is 19.3. The minimum absolute atomic E-state index is 0.150. The van der Waals surface area contributed by atoms with Crippen molar-refractivity contribution in [1.82, 2.24) is 10.2 Å². The number of benzene rings is 2. The van der Waals surface area contributed by atoms with Gasteiger partial charge in [-0.05, 0) is 49.1 Å². The van der Waals surface area contributed by atoms with E-state index in [0.29, 0.717) is 36.3 Å². The average Bonchev–Trinajstić information content (AvgIpc) is 3.62. The molecule has 2 aromatic rings. The Balaban J connectivity index is 1.69. The predicted octanol–water partition coefficient (Wildman–Crippen LogP) is 3.69. The summed E-state index contributed by atoms with van der Waals surface area (Å²) in [6, 6.07) is 13.1. The van der Waals surface area contributed by atoms with Crippen molar-refractivity contribution in [3.05, 3.63) is 53.6 Å². The van der Waals surface area contributed by atoms with Gasteiger partial charge in [0.15, 0.2) is 0 Å². The molecule has 0 aliphatic heterocycles. The number of para-hydroxylation sites is 1. The van der Waals surface area contributed by atoms with Gasteiger partial charge in [-0.25, -0.2) is 0 Å². The van der Waals surface area contributed by atoms with Crippen molar-refractivity contribution in [2.24, 2.45) is 5.92 Å². The van der Waals surface area contributed by atoms with Crippen molar-refractivity contribution in [3.8, 4) is 11.5 Å². The molecule has 1 aliphatic rings. The number of hydrogen-bond donors (Lipinski definition) is 2. The summed E-state index contributed by atoms with van der Waals surface area (Å²) >= 11 is 0. The van der Waals surface area contributed by atoms with Gasteiger partial charge in [0, 0.05) is 24.7 Å². The highest BCUT2D eigenvalue weighted by Crippen LogP contribution is 2.32. The molecule has 0 saturated heterocycles. The third kappa shape index (κ3) is 6.47. The number of carbonyl (C=O) groups excluding carboxylic acids is 2. The Morgan fingerprint density at radius 2 is 1.84 bits per heavy atom. The van der Waals surface area contributed by atoms with E-state index in [1.54, 1.807) is 32.4 Å². The fraction of sp³-hybridized carbons (Fsp3) is 0.440. The van der Waals surface area contributed by atoms with Crippen LogP contribution in [0, 0.1) is 5.92 Å². The number of hydrogen-bond acceptors (Lipinski definition) is 5. The fourth-order valence-electron chi connectivity index (χ4n) is 3.53. The van der Waals surface area contributed by atoms with Crippen molar-refractivity contribution in [3.63, 3.8) is 0 Å². The van der Waals surface area contributed by atoms with Crippen LogP contribution in [0.4, 0.5) is 5.69 Å². The Morgan fingerprint density at radius 3 is 2.50 bits per heavy atom. The number of nitrogens with zero attached hydrogens (tertiary/aromatic N) is 1. The van der Waals surface area contributed by atoms with Crippen molar-refractivity contribution in [1.29, 1.82) is 0 Å². The summed E-state index contributed by atoms with van der Waals surface area (Å²) in [4.78, 5) is 27.6. The summed E-state index contributed by atoms with van der Waals surface area (Å²) in [7, 11) is 3.27. The third-order valence-electron chi connectivity index (χ3n) is 5.39. The van der Waals surface area contributed by atoms with Crippen molar-refractivity contribution < 1.29 is 19.1 Å². The van der Waals surface area contributed by atoms with Gasteiger partial charge in [-0.1, -0.05) is 26.0 Å². The molecule has 0 heterocycles. The normalized spacial score (nSPS) is 13.2. The summed E-state index contributed by atoms with van der Waals surface area (Å²) in [5.74, 6) is 1.53. The summed E-state index contributed by atoms with van der Waals surface area (Å²) in [5.41, 5.74) is 1.96. The largest absolute Gasteiger partial charge is 0.497 e. The number of rotatable bonds is 11.